The van der Waals surface area contributed by atoms with Gasteiger partial charge in [0.1, 0.15) is 6.10 Å². The van der Waals surface area contributed by atoms with Crippen LogP contribution in [0.15, 0.2) is 18.2 Å². The first-order valence-electron chi connectivity index (χ1n) is 4.76. The quantitative estimate of drug-likeness (QED) is 0.753. The first-order valence-corrected chi connectivity index (χ1v) is 4.76. The van der Waals surface area contributed by atoms with Gasteiger partial charge in [-0.25, -0.2) is 0 Å². The van der Waals surface area contributed by atoms with E-state index in [2.05, 4.69) is 0 Å². The van der Waals surface area contributed by atoms with Crippen LogP contribution in [0, 0.1) is 0 Å². The molecule has 0 spiro atoms. The molecule has 1 aromatic carbocycles. The molecule has 1 aromatic rings. The van der Waals surface area contributed by atoms with Crippen molar-refractivity contribution in [3.05, 3.63) is 18.2 Å². The summed E-state index contributed by atoms with van der Waals surface area (Å²) < 4.78 is 15.8. The number of nitrogens with two attached hydrogens (primary N) is 1. The Hall–Kier alpha value is -1.42. The van der Waals surface area contributed by atoms with Gasteiger partial charge in [0.25, 0.3) is 0 Å². The highest BCUT2D eigenvalue weighted by atomic mass is 16.5. The monoisotopic (exact) mass is 211 g/mol. The van der Waals surface area contributed by atoms with Gasteiger partial charge in [-0.05, 0) is 19.1 Å². The third-order valence-electron chi connectivity index (χ3n) is 1.92. The van der Waals surface area contributed by atoms with Gasteiger partial charge in [0, 0.05) is 18.9 Å². The van der Waals surface area contributed by atoms with Gasteiger partial charge in [-0.2, -0.15) is 0 Å². The normalized spacial score (nSPS) is 12.2. The Bertz CT molecular complexity index is 315. The molecule has 1 rings (SSSR count). The summed E-state index contributed by atoms with van der Waals surface area (Å²) in [5.74, 6) is 1.31. The van der Waals surface area contributed by atoms with Gasteiger partial charge >= 0.3 is 0 Å². The van der Waals surface area contributed by atoms with E-state index in [1.54, 1.807) is 32.4 Å². The van der Waals surface area contributed by atoms with Gasteiger partial charge < -0.3 is 19.9 Å². The number of anilines is 1. The van der Waals surface area contributed by atoms with E-state index in [1.807, 2.05) is 6.92 Å². The van der Waals surface area contributed by atoms with E-state index in [-0.39, 0.29) is 6.10 Å². The van der Waals surface area contributed by atoms with E-state index in [0.29, 0.717) is 23.8 Å². The van der Waals surface area contributed by atoms with E-state index in [4.69, 9.17) is 19.9 Å². The van der Waals surface area contributed by atoms with E-state index < -0.39 is 0 Å². The Morgan fingerprint density at radius 2 is 2.00 bits per heavy atom. The van der Waals surface area contributed by atoms with Crippen LogP contribution in [0.25, 0.3) is 0 Å². The van der Waals surface area contributed by atoms with E-state index in [1.165, 1.54) is 0 Å². The average Bonchev–Trinajstić information content (AvgIpc) is 2.21. The van der Waals surface area contributed by atoms with Crippen molar-refractivity contribution in [3.8, 4) is 11.5 Å². The van der Waals surface area contributed by atoms with Crippen LogP contribution in [-0.4, -0.2) is 26.9 Å². The molecule has 0 fully saturated rings. The maximum atomic E-state index is 5.63. The fraction of sp³-hybridized carbons (Fsp3) is 0.455. The van der Waals surface area contributed by atoms with Crippen LogP contribution < -0.4 is 15.2 Å². The summed E-state index contributed by atoms with van der Waals surface area (Å²) in [7, 11) is 3.22. The molecule has 4 heteroatoms. The predicted octanol–water partition coefficient (Wildman–Crippen LogP) is 1.69. The maximum absolute atomic E-state index is 5.63. The van der Waals surface area contributed by atoms with Gasteiger partial charge in [0.2, 0.25) is 0 Å². The second-order valence-electron chi connectivity index (χ2n) is 3.29. The van der Waals surface area contributed by atoms with Crippen molar-refractivity contribution >= 4 is 5.69 Å². The number of hydrogen-bond acceptors (Lipinski definition) is 4. The number of benzene rings is 1. The molecule has 0 amide bonds. The lowest BCUT2D eigenvalue weighted by atomic mass is 10.3. The lowest BCUT2D eigenvalue weighted by Gasteiger charge is -2.16. The van der Waals surface area contributed by atoms with Crippen LogP contribution in [0.4, 0.5) is 5.69 Å². The van der Waals surface area contributed by atoms with Crippen LogP contribution >= 0.6 is 0 Å². The minimum absolute atomic E-state index is 0.0208. The zero-order valence-electron chi connectivity index (χ0n) is 9.32. The van der Waals surface area contributed by atoms with Crippen molar-refractivity contribution in [2.75, 3.05) is 26.6 Å². The molecule has 0 radical (unpaired) electrons. The Balaban J connectivity index is 2.75. The van der Waals surface area contributed by atoms with Crippen molar-refractivity contribution in [3.63, 3.8) is 0 Å². The lowest BCUT2D eigenvalue weighted by Crippen LogP contribution is -2.18. The van der Waals surface area contributed by atoms with Crippen molar-refractivity contribution in [1.82, 2.24) is 0 Å². The van der Waals surface area contributed by atoms with Crippen LogP contribution in [0.5, 0.6) is 11.5 Å². The van der Waals surface area contributed by atoms with Gasteiger partial charge in [-0.15, -0.1) is 0 Å². The van der Waals surface area contributed by atoms with Crippen molar-refractivity contribution < 1.29 is 14.2 Å². The molecule has 84 valence electrons. The van der Waals surface area contributed by atoms with E-state index >= 15 is 0 Å². The number of nitrogen functional groups attached to an aromatic ring is 1. The highest BCUT2D eigenvalue weighted by Gasteiger charge is 2.08. The van der Waals surface area contributed by atoms with Crippen molar-refractivity contribution in [2.24, 2.45) is 0 Å². The molecule has 0 saturated heterocycles. The smallest absolute Gasteiger partial charge is 0.162 e. The molecular formula is C11H17NO3. The van der Waals surface area contributed by atoms with Gasteiger partial charge in [0.15, 0.2) is 11.5 Å². The molecular weight excluding hydrogens is 194 g/mol. The lowest BCUT2D eigenvalue weighted by molar-refractivity contribution is 0.0900. The summed E-state index contributed by atoms with van der Waals surface area (Å²) in [5.41, 5.74) is 6.28. The molecule has 1 atom stereocenters. The molecule has 0 aliphatic carbocycles. The molecule has 1 unspecified atom stereocenters. The summed E-state index contributed by atoms with van der Waals surface area (Å²) in [4.78, 5) is 0. The fourth-order valence-electron chi connectivity index (χ4n) is 1.27. The summed E-state index contributed by atoms with van der Waals surface area (Å²) in [6, 6.07) is 5.30. The first kappa shape index (κ1) is 11.7. The first-order chi connectivity index (χ1) is 7.17. The molecule has 0 bridgehead atoms. The minimum Gasteiger partial charge on any atom is -0.493 e. The number of ether oxygens (including phenoxy) is 3. The standard InChI is InChI=1S/C11H17NO3/c1-8(7-13-2)15-10-5-4-9(12)6-11(10)14-3/h4-6,8H,7,12H2,1-3H3. The van der Waals surface area contributed by atoms with Gasteiger partial charge in [0.05, 0.1) is 13.7 Å². The van der Waals surface area contributed by atoms with Crippen LogP contribution in [0.1, 0.15) is 6.92 Å². The summed E-state index contributed by atoms with van der Waals surface area (Å²) in [6.07, 6.45) is -0.0208. The summed E-state index contributed by atoms with van der Waals surface area (Å²) in [6.45, 7) is 2.47. The molecule has 0 heterocycles. The topological polar surface area (TPSA) is 53.7 Å². The van der Waals surface area contributed by atoms with Gasteiger partial charge in [-0.1, -0.05) is 0 Å². The molecule has 4 nitrogen and oxygen atoms in total. The van der Waals surface area contributed by atoms with E-state index in [0.717, 1.165) is 0 Å². The third kappa shape index (κ3) is 3.32. The molecule has 0 aliphatic rings. The number of hydrogen-bond donors (Lipinski definition) is 1. The molecule has 0 aromatic heterocycles. The van der Waals surface area contributed by atoms with Crippen molar-refractivity contribution in [1.29, 1.82) is 0 Å². The van der Waals surface area contributed by atoms with Crippen molar-refractivity contribution in [2.45, 2.75) is 13.0 Å². The van der Waals surface area contributed by atoms with Crippen LogP contribution in [0.2, 0.25) is 0 Å². The van der Waals surface area contributed by atoms with Crippen LogP contribution in [-0.2, 0) is 4.74 Å². The minimum atomic E-state index is -0.0208. The third-order valence-corrected chi connectivity index (χ3v) is 1.92. The van der Waals surface area contributed by atoms with E-state index in [9.17, 15) is 0 Å². The predicted molar refractivity (Wildman–Crippen MR) is 59.4 cm³/mol. The fourth-order valence-corrected chi connectivity index (χ4v) is 1.27. The largest absolute Gasteiger partial charge is 0.493 e. The second kappa shape index (κ2) is 5.46. The Morgan fingerprint density at radius 1 is 1.27 bits per heavy atom. The maximum Gasteiger partial charge on any atom is 0.162 e. The Morgan fingerprint density at radius 3 is 2.60 bits per heavy atom. The summed E-state index contributed by atoms with van der Waals surface area (Å²) in [5, 5.41) is 0. The van der Waals surface area contributed by atoms with Crippen LogP contribution in [0.3, 0.4) is 0 Å². The molecule has 0 aliphatic heterocycles. The zero-order chi connectivity index (χ0) is 11.3. The number of methoxy groups -OCH3 is 2. The zero-order valence-corrected chi connectivity index (χ0v) is 9.32. The second-order valence-corrected chi connectivity index (χ2v) is 3.29. The average molecular weight is 211 g/mol. The SMILES string of the molecule is COCC(C)Oc1ccc(N)cc1OC. The van der Waals surface area contributed by atoms with Gasteiger partial charge in [-0.3, -0.25) is 0 Å². The Kier molecular flexibility index (Phi) is 4.24. The molecule has 2 N–H and O–H groups in total. The number of rotatable bonds is 5. The molecule has 15 heavy (non-hydrogen) atoms. The summed E-state index contributed by atoms with van der Waals surface area (Å²) >= 11 is 0. The highest BCUT2D eigenvalue weighted by molar-refractivity contribution is 5.51. The molecule has 0 saturated carbocycles. The highest BCUT2D eigenvalue weighted by Crippen LogP contribution is 2.29. The Labute approximate surface area is 89.9 Å².